The Kier molecular flexibility index (Phi) is 7.19. The molecular weight excluding hydrogens is 467 g/mol. The van der Waals surface area contributed by atoms with E-state index in [1.807, 2.05) is 0 Å². The average Bonchev–Trinajstić information content (AvgIpc) is 2.96. The fourth-order valence-electron chi connectivity index (χ4n) is 4.63. The molecular formula is C24H30F3N3O5. The maximum absolute atomic E-state index is 13.1. The zero-order chi connectivity index (χ0) is 26.2. The number of carbonyl (C=O) groups excluding carboxylic acids is 4. The zero-order valence-corrected chi connectivity index (χ0v) is 20.1. The predicted molar refractivity (Wildman–Crippen MR) is 120 cm³/mol. The molecule has 1 aliphatic carbocycles. The molecule has 8 nitrogen and oxygen atoms in total. The Hall–Kier alpha value is -3.11. The van der Waals surface area contributed by atoms with E-state index < -0.39 is 59.4 Å². The van der Waals surface area contributed by atoms with Crippen LogP contribution in [0.1, 0.15) is 58.9 Å². The van der Waals surface area contributed by atoms with Gasteiger partial charge in [-0.25, -0.2) is 4.79 Å². The van der Waals surface area contributed by atoms with E-state index in [1.165, 1.54) is 19.1 Å². The number of imide groups is 1. The van der Waals surface area contributed by atoms with Crippen LogP contribution in [0.3, 0.4) is 0 Å². The fraction of sp³-hybridized carbons (Fsp3) is 0.583. The third-order valence-corrected chi connectivity index (χ3v) is 6.76. The molecule has 2 aliphatic rings. The second-order valence-corrected chi connectivity index (χ2v) is 10.2. The van der Waals surface area contributed by atoms with Crippen molar-refractivity contribution in [3.8, 4) is 0 Å². The van der Waals surface area contributed by atoms with Crippen LogP contribution in [0.15, 0.2) is 24.3 Å². The Bertz CT molecular complexity index is 1010. The summed E-state index contributed by atoms with van der Waals surface area (Å²) in [7, 11) is 0. The lowest BCUT2D eigenvalue weighted by Gasteiger charge is -2.40. The number of para-hydroxylation sites is 1. The minimum atomic E-state index is -4.69. The fourth-order valence-corrected chi connectivity index (χ4v) is 4.63. The largest absolute Gasteiger partial charge is 0.451 e. The van der Waals surface area contributed by atoms with Crippen LogP contribution in [0, 0.1) is 11.3 Å². The summed E-state index contributed by atoms with van der Waals surface area (Å²) in [6, 6.07) is 3.69. The van der Waals surface area contributed by atoms with Gasteiger partial charge in [-0.15, -0.1) is 0 Å². The molecule has 11 heteroatoms. The normalized spacial score (nSPS) is 23.7. The summed E-state index contributed by atoms with van der Waals surface area (Å²) in [4.78, 5) is 51.0. The van der Waals surface area contributed by atoms with Gasteiger partial charge in [0.2, 0.25) is 0 Å². The number of benzene rings is 1. The summed E-state index contributed by atoms with van der Waals surface area (Å²) >= 11 is 0. The first kappa shape index (κ1) is 26.5. The maximum atomic E-state index is 13.1. The number of amides is 4. The number of hydrogen-bond donors (Lipinski definition) is 2. The highest BCUT2D eigenvalue weighted by Gasteiger charge is 2.53. The molecule has 0 aromatic heterocycles. The Morgan fingerprint density at radius 2 is 1.77 bits per heavy atom. The van der Waals surface area contributed by atoms with E-state index in [4.69, 9.17) is 4.74 Å². The van der Waals surface area contributed by atoms with Gasteiger partial charge < -0.3 is 15.4 Å². The third-order valence-electron chi connectivity index (χ3n) is 6.76. The van der Waals surface area contributed by atoms with Crippen molar-refractivity contribution >= 4 is 29.5 Å². The lowest BCUT2D eigenvalue weighted by Crippen LogP contribution is -2.50. The van der Waals surface area contributed by atoms with Crippen LogP contribution in [0.5, 0.6) is 0 Å². The van der Waals surface area contributed by atoms with Crippen molar-refractivity contribution in [1.29, 1.82) is 0 Å². The van der Waals surface area contributed by atoms with Gasteiger partial charge in [-0.3, -0.25) is 19.3 Å². The Labute approximate surface area is 201 Å². The summed E-state index contributed by atoms with van der Waals surface area (Å²) in [5.41, 5.74) is -2.50. The van der Waals surface area contributed by atoms with Crippen molar-refractivity contribution in [2.75, 3.05) is 11.9 Å². The Balaban J connectivity index is 1.58. The first-order chi connectivity index (χ1) is 16.1. The number of esters is 1. The quantitative estimate of drug-likeness (QED) is 0.471. The molecule has 1 atom stereocenters. The van der Waals surface area contributed by atoms with Crippen LogP contribution in [-0.2, 0) is 25.3 Å². The van der Waals surface area contributed by atoms with Crippen LogP contribution < -0.4 is 10.6 Å². The second-order valence-electron chi connectivity index (χ2n) is 10.2. The lowest BCUT2D eigenvalue weighted by atomic mass is 9.67. The van der Waals surface area contributed by atoms with Crippen LogP contribution in [-0.4, -0.2) is 46.9 Å². The van der Waals surface area contributed by atoms with Gasteiger partial charge in [0.25, 0.3) is 11.8 Å². The second kappa shape index (κ2) is 9.50. The minimum Gasteiger partial charge on any atom is -0.451 e. The average molecular weight is 498 g/mol. The lowest BCUT2D eigenvalue weighted by molar-refractivity contribution is -0.155. The van der Waals surface area contributed by atoms with Crippen molar-refractivity contribution in [1.82, 2.24) is 10.2 Å². The molecule has 3 rings (SSSR count). The monoisotopic (exact) mass is 497 g/mol. The first-order valence-corrected chi connectivity index (χ1v) is 11.4. The van der Waals surface area contributed by atoms with Gasteiger partial charge >= 0.3 is 18.2 Å². The third kappa shape index (κ3) is 5.76. The summed E-state index contributed by atoms with van der Waals surface area (Å²) in [6.07, 6.45) is -3.71. The number of carbonyl (C=O) groups is 4. The summed E-state index contributed by atoms with van der Waals surface area (Å²) < 4.78 is 44.4. The molecule has 1 saturated carbocycles. The molecule has 1 aromatic carbocycles. The zero-order valence-electron chi connectivity index (χ0n) is 20.1. The molecule has 4 amide bonds. The molecule has 1 heterocycles. The molecule has 0 radical (unpaired) electrons. The molecule has 1 unspecified atom stereocenters. The topological polar surface area (TPSA) is 105 Å². The number of halogens is 3. The molecule has 192 valence electrons. The van der Waals surface area contributed by atoms with Crippen molar-refractivity contribution in [3.63, 3.8) is 0 Å². The molecule has 2 fully saturated rings. The van der Waals surface area contributed by atoms with E-state index in [-0.39, 0.29) is 5.41 Å². The van der Waals surface area contributed by atoms with Crippen LogP contribution in [0.25, 0.3) is 0 Å². The summed E-state index contributed by atoms with van der Waals surface area (Å²) in [5, 5.41) is 4.82. The van der Waals surface area contributed by atoms with Crippen molar-refractivity contribution < 1.29 is 37.1 Å². The number of ether oxygens (including phenoxy) is 1. The van der Waals surface area contributed by atoms with E-state index in [0.29, 0.717) is 18.8 Å². The number of urea groups is 1. The van der Waals surface area contributed by atoms with Gasteiger partial charge in [0.05, 0.1) is 11.3 Å². The smallest absolute Gasteiger partial charge is 0.418 e. The van der Waals surface area contributed by atoms with Crippen molar-refractivity contribution in [3.05, 3.63) is 29.8 Å². The first-order valence-electron chi connectivity index (χ1n) is 11.4. The highest BCUT2D eigenvalue weighted by Crippen LogP contribution is 2.43. The molecule has 1 spiro atoms. The molecule has 2 N–H and O–H groups in total. The molecule has 1 saturated heterocycles. The van der Waals surface area contributed by atoms with E-state index >= 15 is 0 Å². The molecule has 1 aromatic rings. The van der Waals surface area contributed by atoms with Crippen LogP contribution >= 0.6 is 0 Å². The van der Waals surface area contributed by atoms with E-state index in [9.17, 15) is 32.3 Å². The molecule has 1 aliphatic heterocycles. The van der Waals surface area contributed by atoms with Gasteiger partial charge in [0.15, 0.2) is 6.10 Å². The van der Waals surface area contributed by atoms with Gasteiger partial charge in [-0.2, -0.15) is 13.2 Å². The number of rotatable bonds is 5. The van der Waals surface area contributed by atoms with Crippen molar-refractivity contribution in [2.45, 2.75) is 71.2 Å². The van der Waals surface area contributed by atoms with Crippen molar-refractivity contribution in [2.24, 2.45) is 11.3 Å². The predicted octanol–water partition coefficient (Wildman–Crippen LogP) is 4.10. The summed E-state index contributed by atoms with van der Waals surface area (Å²) in [5.74, 6) is -2.12. The maximum Gasteiger partial charge on any atom is 0.418 e. The number of nitrogens with zero attached hydrogens (tertiary/aromatic N) is 1. The van der Waals surface area contributed by atoms with Crippen LogP contribution in [0.2, 0.25) is 0 Å². The number of hydrogen-bond acceptors (Lipinski definition) is 5. The Morgan fingerprint density at radius 1 is 1.17 bits per heavy atom. The number of anilines is 1. The van der Waals surface area contributed by atoms with E-state index in [0.717, 1.165) is 29.9 Å². The standard InChI is InChI=1S/C24H30F3N3O5/c1-14(19(32)28-17-8-6-5-7-16(17)24(25,26)27)35-18(31)13-30-20(33)23(29-21(30)34)11-9-15(10-12-23)22(2,3)4/h5-8,14-15H,9-13H2,1-4H3,(H,28,32)(H,29,34). The van der Waals surface area contributed by atoms with Gasteiger partial charge in [0, 0.05) is 0 Å². The van der Waals surface area contributed by atoms with Gasteiger partial charge in [0.1, 0.15) is 12.1 Å². The van der Waals surface area contributed by atoms with E-state index in [1.54, 1.807) is 0 Å². The van der Waals surface area contributed by atoms with E-state index in [2.05, 4.69) is 31.4 Å². The summed E-state index contributed by atoms with van der Waals surface area (Å²) in [6.45, 7) is 6.88. The van der Waals surface area contributed by atoms with Gasteiger partial charge in [-0.1, -0.05) is 32.9 Å². The highest BCUT2D eigenvalue weighted by molar-refractivity contribution is 6.09. The molecule has 35 heavy (non-hydrogen) atoms. The van der Waals surface area contributed by atoms with Gasteiger partial charge in [-0.05, 0) is 56.1 Å². The minimum absolute atomic E-state index is 0.0775. The molecule has 0 bridgehead atoms. The van der Waals surface area contributed by atoms with Crippen LogP contribution in [0.4, 0.5) is 23.7 Å². The number of nitrogens with one attached hydrogen (secondary N) is 2. The number of alkyl halides is 3. The Morgan fingerprint density at radius 3 is 2.34 bits per heavy atom. The SMILES string of the molecule is CC(OC(=O)CN1C(=O)NC2(CCC(C(C)(C)C)CC2)C1=O)C(=O)Nc1ccccc1C(F)(F)F. The highest BCUT2D eigenvalue weighted by atomic mass is 19.4.